The van der Waals surface area contributed by atoms with E-state index in [-0.39, 0.29) is 18.3 Å². The lowest BCUT2D eigenvalue weighted by Gasteiger charge is -2.22. The van der Waals surface area contributed by atoms with Crippen LogP contribution in [0.1, 0.15) is 17.5 Å². The van der Waals surface area contributed by atoms with Gasteiger partial charge in [-0.2, -0.15) is 16.9 Å². The van der Waals surface area contributed by atoms with Gasteiger partial charge in [-0.05, 0) is 17.2 Å². The van der Waals surface area contributed by atoms with Crippen molar-refractivity contribution in [3.05, 3.63) is 53.9 Å². The molecule has 2 N–H and O–H groups in total. The Morgan fingerprint density at radius 1 is 1.38 bits per heavy atom. The van der Waals surface area contributed by atoms with Crippen LogP contribution in [0.2, 0.25) is 0 Å². The maximum Gasteiger partial charge on any atom is 0.221 e. The third-order valence-electron chi connectivity index (χ3n) is 3.82. The summed E-state index contributed by atoms with van der Waals surface area (Å²) in [4.78, 5) is 12.1. The molecule has 3 rings (SSSR count). The molecule has 1 aliphatic rings. The molecule has 0 radical (unpaired) electrons. The van der Waals surface area contributed by atoms with E-state index in [2.05, 4.69) is 27.9 Å². The van der Waals surface area contributed by atoms with E-state index in [1.165, 1.54) is 5.56 Å². The second-order valence-corrected chi connectivity index (χ2v) is 6.88. The van der Waals surface area contributed by atoms with Gasteiger partial charge in [-0.1, -0.05) is 24.3 Å². The molecule has 1 aromatic carbocycles. The van der Waals surface area contributed by atoms with Crippen LogP contribution < -0.4 is 10.6 Å². The van der Waals surface area contributed by atoms with Gasteiger partial charge in [-0.25, -0.2) is 0 Å². The Balaban J connectivity index is 0.00000208. The molecule has 2 aromatic rings. The molecular weight excluding hydrogens is 344 g/mol. The molecule has 7 heteroatoms. The van der Waals surface area contributed by atoms with E-state index >= 15 is 0 Å². The van der Waals surface area contributed by atoms with E-state index in [4.69, 9.17) is 0 Å². The van der Waals surface area contributed by atoms with Gasteiger partial charge in [0.05, 0.1) is 6.54 Å². The number of hydrogen-bond acceptors (Lipinski definition) is 4. The monoisotopic (exact) mass is 366 g/mol. The molecule has 1 atom stereocenters. The molecule has 1 unspecified atom stereocenters. The van der Waals surface area contributed by atoms with Crippen LogP contribution in [0, 0.1) is 0 Å². The van der Waals surface area contributed by atoms with E-state index in [9.17, 15) is 4.79 Å². The van der Waals surface area contributed by atoms with Crippen LogP contribution in [0.4, 0.5) is 0 Å². The molecule has 0 spiro atoms. The Morgan fingerprint density at radius 2 is 2.25 bits per heavy atom. The first-order valence-corrected chi connectivity index (χ1v) is 9.08. The molecule has 24 heavy (non-hydrogen) atoms. The third kappa shape index (κ3) is 5.85. The average molecular weight is 367 g/mol. The number of nitrogens with zero attached hydrogens (tertiary/aromatic N) is 2. The van der Waals surface area contributed by atoms with Crippen LogP contribution in [0.15, 0.2) is 42.7 Å². The molecule has 5 nitrogen and oxygen atoms in total. The number of carbonyl (C=O) groups excluding carboxylic acids is 1. The minimum absolute atomic E-state index is 0. The van der Waals surface area contributed by atoms with Crippen LogP contribution in [0.25, 0.3) is 0 Å². The summed E-state index contributed by atoms with van der Waals surface area (Å²) in [6.07, 6.45) is 4.28. The van der Waals surface area contributed by atoms with Crippen molar-refractivity contribution in [2.24, 2.45) is 0 Å². The zero-order valence-corrected chi connectivity index (χ0v) is 15.1. The van der Waals surface area contributed by atoms with Crippen molar-refractivity contribution in [1.82, 2.24) is 20.4 Å². The Kier molecular flexibility index (Phi) is 7.62. The smallest absolute Gasteiger partial charge is 0.221 e. The first-order chi connectivity index (χ1) is 11.3. The lowest BCUT2D eigenvalue weighted by molar-refractivity contribution is -0.121. The van der Waals surface area contributed by atoms with Crippen molar-refractivity contribution in [1.29, 1.82) is 0 Å². The van der Waals surface area contributed by atoms with Gasteiger partial charge in [0.25, 0.3) is 0 Å². The van der Waals surface area contributed by atoms with Crippen molar-refractivity contribution in [3.8, 4) is 0 Å². The number of thioether (sulfide) groups is 1. The number of carbonyl (C=O) groups is 1. The van der Waals surface area contributed by atoms with Crippen molar-refractivity contribution in [2.75, 3.05) is 18.1 Å². The highest BCUT2D eigenvalue weighted by atomic mass is 35.5. The van der Waals surface area contributed by atoms with E-state index < -0.39 is 0 Å². The summed E-state index contributed by atoms with van der Waals surface area (Å²) in [5.41, 5.74) is 2.31. The summed E-state index contributed by atoms with van der Waals surface area (Å²) in [5, 5.41) is 10.6. The number of nitrogens with one attached hydrogen (secondary N) is 2. The lowest BCUT2D eigenvalue weighted by atomic mass is 10.1. The molecule has 2 heterocycles. The third-order valence-corrected chi connectivity index (χ3v) is 4.95. The topological polar surface area (TPSA) is 59.0 Å². The van der Waals surface area contributed by atoms with Gasteiger partial charge in [-0.3, -0.25) is 9.48 Å². The fourth-order valence-corrected chi connectivity index (χ4v) is 3.62. The fraction of sp³-hybridized carbons (Fsp3) is 0.412. The number of benzene rings is 1. The molecular formula is C17H23ClN4OS. The van der Waals surface area contributed by atoms with Gasteiger partial charge < -0.3 is 10.6 Å². The van der Waals surface area contributed by atoms with Crippen LogP contribution in [0.5, 0.6) is 0 Å². The normalized spacial score (nSPS) is 17.1. The Bertz CT molecular complexity index is 629. The first-order valence-electron chi connectivity index (χ1n) is 7.93. The molecule has 130 valence electrons. The van der Waals surface area contributed by atoms with E-state index in [0.29, 0.717) is 19.0 Å². The van der Waals surface area contributed by atoms with Crippen molar-refractivity contribution < 1.29 is 4.79 Å². The Morgan fingerprint density at radius 3 is 3.00 bits per heavy atom. The molecule has 1 aromatic heterocycles. The summed E-state index contributed by atoms with van der Waals surface area (Å²) in [7, 11) is 0. The largest absolute Gasteiger partial charge is 0.352 e. The minimum Gasteiger partial charge on any atom is -0.352 e. The maximum atomic E-state index is 12.1. The molecule has 0 bridgehead atoms. The second kappa shape index (κ2) is 9.71. The SMILES string of the molecule is Cl.O=C(CC1CSCCN1)NCc1cccc(Cn2cccn2)c1. The summed E-state index contributed by atoms with van der Waals surface area (Å²) in [6.45, 7) is 2.32. The highest BCUT2D eigenvalue weighted by Gasteiger charge is 2.16. The summed E-state index contributed by atoms with van der Waals surface area (Å²) in [6, 6.07) is 10.5. The number of rotatable bonds is 6. The van der Waals surface area contributed by atoms with Gasteiger partial charge in [-0.15, -0.1) is 12.4 Å². The van der Waals surface area contributed by atoms with Gasteiger partial charge in [0.15, 0.2) is 0 Å². The predicted molar refractivity (Wildman–Crippen MR) is 101 cm³/mol. The summed E-state index contributed by atoms with van der Waals surface area (Å²) in [5.74, 6) is 2.27. The van der Waals surface area contributed by atoms with Crippen LogP contribution in [-0.2, 0) is 17.9 Å². The highest BCUT2D eigenvalue weighted by molar-refractivity contribution is 7.99. The van der Waals surface area contributed by atoms with Gasteiger partial charge >= 0.3 is 0 Å². The lowest BCUT2D eigenvalue weighted by Crippen LogP contribution is -2.41. The van der Waals surface area contributed by atoms with Crippen LogP contribution in [-0.4, -0.2) is 39.8 Å². The van der Waals surface area contributed by atoms with Crippen molar-refractivity contribution in [3.63, 3.8) is 0 Å². The number of amides is 1. The number of aromatic nitrogens is 2. The molecule has 1 aliphatic heterocycles. The van der Waals surface area contributed by atoms with Gasteiger partial charge in [0.2, 0.25) is 5.91 Å². The summed E-state index contributed by atoms with van der Waals surface area (Å²) < 4.78 is 1.89. The van der Waals surface area contributed by atoms with Crippen molar-refractivity contribution in [2.45, 2.75) is 25.6 Å². The zero-order valence-electron chi connectivity index (χ0n) is 13.5. The molecule has 1 amide bonds. The van der Waals surface area contributed by atoms with E-state index in [1.807, 2.05) is 40.8 Å². The highest BCUT2D eigenvalue weighted by Crippen LogP contribution is 2.11. The van der Waals surface area contributed by atoms with Crippen LogP contribution in [0.3, 0.4) is 0 Å². The second-order valence-electron chi connectivity index (χ2n) is 5.73. The predicted octanol–water partition coefficient (Wildman–Crippen LogP) is 2.06. The van der Waals surface area contributed by atoms with E-state index in [0.717, 1.165) is 30.2 Å². The Hall–Kier alpha value is -1.50. The molecule has 1 saturated heterocycles. The quantitative estimate of drug-likeness (QED) is 0.821. The van der Waals surface area contributed by atoms with Crippen molar-refractivity contribution >= 4 is 30.1 Å². The molecule has 0 aliphatic carbocycles. The van der Waals surface area contributed by atoms with Gasteiger partial charge in [0, 0.05) is 49.5 Å². The minimum atomic E-state index is 0. The standard InChI is InChI=1S/C17H22N4OS.ClH/c22-17(10-16-13-23-8-6-18-16)19-11-14-3-1-4-15(9-14)12-21-7-2-5-20-21;/h1-5,7,9,16,18H,6,8,10-13H2,(H,19,22);1H. The van der Waals surface area contributed by atoms with E-state index in [1.54, 1.807) is 6.20 Å². The number of halogens is 1. The molecule has 1 fully saturated rings. The maximum absolute atomic E-state index is 12.1. The summed E-state index contributed by atoms with van der Waals surface area (Å²) >= 11 is 1.91. The van der Waals surface area contributed by atoms with Crippen LogP contribution >= 0.6 is 24.2 Å². The number of hydrogen-bond donors (Lipinski definition) is 2. The van der Waals surface area contributed by atoms with Gasteiger partial charge in [0.1, 0.15) is 0 Å². The zero-order chi connectivity index (χ0) is 15.9. The Labute approximate surface area is 153 Å². The molecule has 0 saturated carbocycles. The average Bonchev–Trinajstić information content (AvgIpc) is 3.07. The first kappa shape index (κ1) is 18.8. The fourth-order valence-electron chi connectivity index (χ4n) is 2.67.